The predicted octanol–water partition coefficient (Wildman–Crippen LogP) is 3.60. The van der Waals surface area contributed by atoms with Crippen LogP contribution in [0.15, 0.2) is 36.7 Å². The van der Waals surface area contributed by atoms with E-state index in [4.69, 9.17) is 14.2 Å². The summed E-state index contributed by atoms with van der Waals surface area (Å²) in [6.45, 7) is 7.48. The summed E-state index contributed by atoms with van der Waals surface area (Å²) in [6, 6.07) is 6.83. The number of benzene rings is 1. The second-order valence-corrected chi connectivity index (χ2v) is 5.27. The zero-order valence-corrected chi connectivity index (χ0v) is 15.4. The number of rotatable bonds is 9. The normalized spacial score (nSPS) is 10.1. The van der Waals surface area contributed by atoms with Gasteiger partial charge in [-0.1, -0.05) is 6.07 Å². The first kappa shape index (κ1) is 19.4. The van der Waals surface area contributed by atoms with E-state index in [-0.39, 0.29) is 6.03 Å². The lowest BCUT2D eigenvalue weighted by Crippen LogP contribution is -2.28. The monoisotopic (exact) mass is 359 g/mol. The number of urea groups is 1. The van der Waals surface area contributed by atoms with Gasteiger partial charge in [-0.15, -0.1) is 0 Å². The highest BCUT2D eigenvalue weighted by atomic mass is 16.5. The molecule has 0 spiro atoms. The van der Waals surface area contributed by atoms with Gasteiger partial charge in [0.05, 0.1) is 25.5 Å². The van der Waals surface area contributed by atoms with Gasteiger partial charge in [0.15, 0.2) is 11.5 Å². The van der Waals surface area contributed by atoms with Crippen molar-refractivity contribution in [1.82, 2.24) is 10.3 Å². The highest BCUT2D eigenvalue weighted by Gasteiger charge is 2.16. The second-order valence-electron chi connectivity index (χ2n) is 5.27. The fraction of sp³-hybridized carbons (Fsp3) is 0.368. The molecule has 140 valence electrons. The molecule has 0 aliphatic carbocycles. The maximum Gasteiger partial charge on any atom is 0.319 e. The lowest BCUT2D eigenvalue weighted by molar-refractivity contribution is 0.251. The van der Waals surface area contributed by atoms with Crippen molar-refractivity contribution in [3.63, 3.8) is 0 Å². The minimum absolute atomic E-state index is 0.331. The number of ether oxygens (including phenoxy) is 3. The number of nitrogens with zero attached hydrogens (tertiary/aromatic N) is 1. The van der Waals surface area contributed by atoms with Crippen molar-refractivity contribution in [2.45, 2.75) is 27.3 Å². The van der Waals surface area contributed by atoms with Crippen LogP contribution in [0.4, 0.5) is 10.5 Å². The van der Waals surface area contributed by atoms with Gasteiger partial charge in [0, 0.05) is 31.1 Å². The van der Waals surface area contributed by atoms with Crippen molar-refractivity contribution in [1.29, 1.82) is 0 Å². The molecule has 0 bridgehead atoms. The SMILES string of the molecule is CCOc1cc(NC(=O)NCc2cccnc2)cc(OCC)c1OCC. The Hall–Kier alpha value is -2.96. The van der Waals surface area contributed by atoms with Crippen LogP contribution in [0.5, 0.6) is 17.2 Å². The average Bonchev–Trinajstić information content (AvgIpc) is 2.64. The molecule has 2 amide bonds. The molecule has 2 rings (SSSR count). The lowest BCUT2D eigenvalue weighted by Gasteiger charge is -2.17. The molecule has 1 aromatic carbocycles. The lowest BCUT2D eigenvalue weighted by atomic mass is 10.2. The Bertz CT molecular complexity index is 680. The van der Waals surface area contributed by atoms with Gasteiger partial charge in [0.25, 0.3) is 0 Å². The smallest absolute Gasteiger partial charge is 0.319 e. The highest BCUT2D eigenvalue weighted by Crippen LogP contribution is 2.40. The third-order valence-electron chi connectivity index (χ3n) is 3.34. The van der Waals surface area contributed by atoms with Crippen LogP contribution in [-0.2, 0) is 6.54 Å². The molecule has 26 heavy (non-hydrogen) atoms. The number of carbonyl (C=O) groups excluding carboxylic acids is 1. The number of nitrogens with one attached hydrogen (secondary N) is 2. The number of anilines is 1. The zero-order chi connectivity index (χ0) is 18.8. The molecule has 0 aliphatic heterocycles. The quantitative estimate of drug-likeness (QED) is 0.715. The topological polar surface area (TPSA) is 81.7 Å². The summed E-state index contributed by atoms with van der Waals surface area (Å²) in [5, 5.41) is 5.58. The first-order valence-corrected chi connectivity index (χ1v) is 8.68. The Balaban J connectivity index is 2.12. The fourth-order valence-electron chi connectivity index (χ4n) is 2.32. The number of carbonyl (C=O) groups is 1. The van der Waals surface area contributed by atoms with E-state index in [0.717, 1.165) is 5.56 Å². The number of hydrogen-bond acceptors (Lipinski definition) is 5. The summed E-state index contributed by atoms with van der Waals surface area (Å²) in [7, 11) is 0. The summed E-state index contributed by atoms with van der Waals surface area (Å²) in [5.41, 5.74) is 1.48. The number of pyridine rings is 1. The summed E-state index contributed by atoms with van der Waals surface area (Å²) in [4.78, 5) is 16.2. The third kappa shape index (κ3) is 5.54. The Morgan fingerprint density at radius 1 is 1.04 bits per heavy atom. The van der Waals surface area contributed by atoms with E-state index in [9.17, 15) is 4.79 Å². The molecule has 0 saturated carbocycles. The summed E-state index contributed by atoms with van der Waals surface area (Å²) >= 11 is 0. The Kier molecular flexibility index (Phi) is 7.54. The van der Waals surface area contributed by atoms with Crippen LogP contribution in [0.3, 0.4) is 0 Å². The zero-order valence-electron chi connectivity index (χ0n) is 15.4. The van der Waals surface area contributed by atoms with E-state index in [0.29, 0.717) is 49.3 Å². The van der Waals surface area contributed by atoms with Crippen molar-refractivity contribution in [2.75, 3.05) is 25.1 Å². The molecule has 7 heteroatoms. The van der Waals surface area contributed by atoms with Crippen LogP contribution in [0.1, 0.15) is 26.3 Å². The van der Waals surface area contributed by atoms with Crippen molar-refractivity contribution in [3.05, 3.63) is 42.2 Å². The molecule has 0 atom stereocenters. The van der Waals surface area contributed by atoms with Crippen molar-refractivity contribution >= 4 is 11.7 Å². The molecule has 1 heterocycles. The van der Waals surface area contributed by atoms with Crippen molar-refractivity contribution in [2.24, 2.45) is 0 Å². The van der Waals surface area contributed by atoms with E-state index < -0.39 is 0 Å². The van der Waals surface area contributed by atoms with Crippen molar-refractivity contribution in [3.8, 4) is 17.2 Å². The van der Waals surface area contributed by atoms with Gasteiger partial charge in [0.2, 0.25) is 5.75 Å². The predicted molar refractivity (Wildman–Crippen MR) is 100 cm³/mol. The minimum Gasteiger partial charge on any atom is -0.490 e. The van der Waals surface area contributed by atoms with Crippen LogP contribution in [0, 0.1) is 0 Å². The molecule has 0 unspecified atom stereocenters. The van der Waals surface area contributed by atoms with Gasteiger partial charge in [0.1, 0.15) is 0 Å². The van der Waals surface area contributed by atoms with Crippen LogP contribution >= 0.6 is 0 Å². The molecular weight excluding hydrogens is 334 g/mol. The highest BCUT2D eigenvalue weighted by molar-refractivity contribution is 5.90. The Morgan fingerprint density at radius 3 is 2.23 bits per heavy atom. The van der Waals surface area contributed by atoms with E-state index in [1.807, 2.05) is 32.9 Å². The van der Waals surface area contributed by atoms with Crippen LogP contribution in [0.2, 0.25) is 0 Å². The summed E-state index contributed by atoms with van der Waals surface area (Å²) < 4.78 is 16.9. The van der Waals surface area contributed by atoms with E-state index in [2.05, 4.69) is 15.6 Å². The molecule has 0 radical (unpaired) electrons. The van der Waals surface area contributed by atoms with E-state index in [1.54, 1.807) is 24.5 Å². The number of hydrogen-bond donors (Lipinski definition) is 2. The Morgan fingerprint density at radius 2 is 1.69 bits per heavy atom. The van der Waals surface area contributed by atoms with E-state index >= 15 is 0 Å². The molecule has 2 aromatic rings. The molecule has 7 nitrogen and oxygen atoms in total. The first-order chi connectivity index (χ1) is 12.7. The molecular formula is C19H25N3O4. The molecule has 1 aromatic heterocycles. The van der Waals surface area contributed by atoms with Gasteiger partial charge in [-0.2, -0.15) is 0 Å². The summed E-state index contributed by atoms with van der Waals surface area (Å²) in [5.74, 6) is 1.60. The van der Waals surface area contributed by atoms with Crippen LogP contribution in [0.25, 0.3) is 0 Å². The minimum atomic E-state index is -0.331. The van der Waals surface area contributed by atoms with Gasteiger partial charge in [-0.3, -0.25) is 4.98 Å². The van der Waals surface area contributed by atoms with Crippen LogP contribution in [-0.4, -0.2) is 30.8 Å². The van der Waals surface area contributed by atoms with Gasteiger partial charge in [-0.25, -0.2) is 4.79 Å². The standard InChI is InChI=1S/C19H25N3O4/c1-4-24-16-10-15(11-17(25-5-2)18(16)26-6-3)22-19(23)21-13-14-8-7-9-20-12-14/h7-12H,4-6,13H2,1-3H3,(H2,21,22,23). The average molecular weight is 359 g/mol. The summed E-state index contributed by atoms with van der Waals surface area (Å²) in [6.07, 6.45) is 3.39. The maximum absolute atomic E-state index is 12.2. The number of amides is 2. The first-order valence-electron chi connectivity index (χ1n) is 8.68. The molecule has 0 fully saturated rings. The molecule has 0 aliphatic rings. The van der Waals surface area contributed by atoms with E-state index in [1.165, 1.54) is 0 Å². The largest absolute Gasteiger partial charge is 0.490 e. The Labute approximate surface area is 153 Å². The molecule has 2 N–H and O–H groups in total. The fourth-order valence-corrected chi connectivity index (χ4v) is 2.32. The second kappa shape index (κ2) is 10.1. The number of aromatic nitrogens is 1. The van der Waals surface area contributed by atoms with Gasteiger partial charge < -0.3 is 24.8 Å². The molecule has 0 saturated heterocycles. The third-order valence-corrected chi connectivity index (χ3v) is 3.34. The van der Waals surface area contributed by atoms with Crippen LogP contribution < -0.4 is 24.8 Å². The maximum atomic E-state index is 12.2. The van der Waals surface area contributed by atoms with Gasteiger partial charge in [-0.05, 0) is 32.4 Å². The van der Waals surface area contributed by atoms with Crippen molar-refractivity contribution < 1.29 is 19.0 Å². The van der Waals surface area contributed by atoms with Gasteiger partial charge >= 0.3 is 6.03 Å².